The van der Waals surface area contributed by atoms with Crippen LogP contribution in [0.1, 0.15) is 59.6 Å². The van der Waals surface area contributed by atoms with Crippen molar-refractivity contribution in [3.8, 4) is 0 Å². The molecule has 0 unspecified atom stereocenters. The van der Waals surface area contributed by atoms with Gasteiger partial charge in [0.1, 0.15) is 5.82 Å². The summed E-state index contributed by atoms with van der Waals surface area (Å²) < 4.78 is 0. The highest BCUT2D eigenvalue weighted by molar-refractivity contribution is 5.46. The van der Waals surface area contributed by atoms with E-state index in [4.69, 9.17) is 5.73 Å². The molecule has 1 aliphatic rings. The summed E-state index contributed by atoms with van der Waals surface area (Å²) in [5.74, 6) is 1.09. The average molecular weight is 290 g/mol. The average Bonchev–Trinajstić information content (AvgIpc) is 2.67. The number of nitrogens with two attached hydrogens (primary N) is 1. The molecule has 0 fully saturated rings. The molecule has 0 aliphatic heterocycles. The Morgan fingerprint density at radius 2 is 1.67 bits per heavy atom. The highest BCUT2D eigenvalue weighted by Gasteiger charge is 2.04. The Balaban J connectivity index is 0.000000921. The molecule has 0 saturated carbocycles. The molecule has 1 aromatic heterocycles. The third kappa shape index (κ3) is 7.49. The number of aromatic nitrogens is 2. The van der Waals surface area contributed by atoms with Gasteiger partial charge in [0.15, 0.2) is 0 Å². The Morgan fingerprint density at radius 1 is 1.00 bits per heavy atom. The third-order valence-electron chi connectivity index (χ3n) is 2.75. The predicted molar refractivity (Wildman–Crippen MR) is 93.2 cm³/mol. The molecule has 0 spiro atoms. The summed E-state index contributed by atoms with van der Waals surface area (Å²) in [5, 5.41) is 3.31. The zero-order chi connectivity index (χ0) is 16.3. The topological polar surface area (TPSA) is 63.8 Å². The number of nitrogens with zero attached hydrogens (tertiary/aromatic N) is 2. The van der Waals surface area contributed by atoms with Crippen molar-refractivity contribution in [2.24, 2.45) is 0 Å². The standard InChI is InChI=1S/C13H18N4.2C2H6/c1-9-4-3-5-11(7-6-9)16-12-8-10(2)15-13(14)17-12;2*1-2/h6-8H,3-5H2,1-2H3,(H3,14,15,16,17);2*1-2H3. The van der Waals surface area contributed by atoms with Crippen molar-refractivity contribution in [3.05, 3.63) is 35.2 Å². The molecule has 21 heavy (non-hydrogen) atoms. The Hall–Kier alpha value is -1.84. The van der Waals surface area contributed by atoms with E-state index in [1.807, 2.05) is 40.7 Å². The lowest BCUT2D eigenvalue weighted by atomic mass is 10.1. The van der Waals surface area contributed by atoms with Crippen LogP contribution in [0, 0.1) is 6.92 Å². The monoisotopic (exact) mass is 290 g/mol. The smallest absolute Gasteiger partial charge is 0.222 e. The summed E-state index contributed by atoms with van der Waals surface area (Å²) in [6.45, 7) is 12.1. The molecule has 0 amide bonds. The van der Waals surface area contributed by atoms with Crippen molar-refractivity contribution in [1.82, 2.24) is 9.97 Å². The Morgan fingerprint density at radius 3 is 2.29 bits per heavy atom. The Bertz CT molecular complexity index is 455. The quantitative estimate of drug-likeness (QED) is 0.817. The van der Waals surface area contributed by atoms with Crippen molar-refractivity contribution in [1.29, 1.82) is 0 Å². The molecular weight excluding hydrogens is 260 g/mol. The second kappa shape index (κ2) is 10.9. The fourth-order valence-corrected chi connectivity index (χ4v) is 1.89. The van der Waals surface area contributed by atoms with Gasteiger partial charge in [-0.3, -0.25) is 0 Å². The van der Waals surface area contributed by atoms with Gasteiger partial charge in [-0.25, -0.2) is 4.98 Å². The summed E-state index contributed by atoms with van der Waals surface area (Å²) in [5.41, 5.74) is 9.10. The fourth-order valence-electron chi connectivity index (χ4n) is 1.89. The summed E-state index contributed by atoms with van der Waals surface area (Å²) in [7, 11) is 0. The lowest BCUT2D eigenvalue weighted by Crippen LogP contribution is -2.05. The molecule has 4 heteroatoms. The number of hydrogen-bond donors (Lipinski definition) is 2. The van der Waals surface area contributed by atoms with Gasteiger partial charge in [0.2, 0.25) is 5.95 Å². The van der Waals surface area contributed by atoms with E-state index in [9.17, 15) is 0 Å². The first kappa shape index (κ1) is 19.2. The maximum Gasteiger partial charge on any atom is 0.222 e. The summed E-state index contributed by atoms with van der Waals surface area (Å²) in [6.07, 6.45) is 7.65. The maximum absolute atomic E-state index is 5.62. The van der Waals surface area contributed by atoms with Gasteiger partial charge in [0.25, 0.3) is 0 Å². The first-order valence-electron chi connectivity index (χ1n) is 7.88. The van der Waals surface area contributed by atoms with Gasteiger partial charge in [-0.05, 0) is 39.2 Å². The Kier molecular flexibility index (Phi) is 9.94. The highest BCUT2D eigenvalue weighted by atomic mass is 15.1. The molecule has 1 heterocycles. The van der Waals surface area contributed by atoms with Crippen LogP contribution in [0.4, 0.5) is 11.8 Å². The Labute approximate surface area is 129 Å². The number of anilines is 2. The van der Waals surface area contributed by atoms with Gasteiger partial charge in [-0.2, -0.15) is 4.98 Å². The number of aryl methyl sites for hydroxylation is 1. The van der Waals surface area contributed by atoms with E-state index >= 15 is 0 Å². The number of allylic oxidation sites excluding steroid dienone is 4. The summed E-state index contributed by atoms with van der Waals surface area (Å²) in [6, 6.07) is 1.90. The molecule has 0 atom stereocenters. The van der Waals surface area contributed by atoms with Gasteiger partial charge >= 0.3 is 0 Å². The van der Waals surface area contributed by atoms with Crippen LogP contribution in [0.2, 0.25) is 0 Å². The van der Waals surface area contributed by atoms with Crippen LogP contribution >= 0.6 is 0 Å². The first-order valence-corrected chi connectivity index (χ1v) is 7.88. The van der Waals surface area contributed by atoms with Crippen molar-refractivity contribution in [3.63, 3.8) is 0 Å². The van der Waals surface area contributed by atoms with Crippen LogP contribution in [0.25, 0.3) is 0 Å². The highest BCUT2D eigenvalue weighted by Crippen LogP contribution is 2.19. The molecule has 0 aromatic carbocycles. The zero-order valence-electron chi connectivity index (χ0n) is 14.3. The lowest BCUT2D eigenvalue weighted by Gasteiger charge is -2.09. The van der Waals surface area contributed by atoms with Crippen LogP contribution in [-0.4, -0.2) is 9.97 Å². The number of hydrogen-bond acceptors (Lipinski definition) is 4. The van der Waals surface area contributed by atoms with Crippen molar-refractivity contribution >= 4 is 11.8 Å². The molecule has 0 saturated heterocycles. The van der Waals surface area contributed by atoms with Gasteiger partial charge in [0.05, 0.1) is 0 Å². The van der Waals surface area contributed by atoms with E-state index in [1.165, 1.54) is 17.7 Å². The minimum absolute atomic E-state index is 0.313. The predicted octanol–water partition coefficient (Wildman–Crippen LogP) is 4.85. The molecular formula is C17H30N4. The van der Waals surface area contributed by atoms with Crippen LogP contribution < -0.4 is 11.1 Å². The van der Waals surface area contributed by atoms with E-state index in [-0.39, 0.29) is 0 Å². The second-order valence-electron chi connectivity index (χ2n) is 4.44. The van der Waals surface area contributed by atoms with Gasteiger partial charge < -0.3 is 11.1 Å². The van der Waals surface area contributed by atoms with Crippen molar-refractivity contribution in [2.45, 2.75) is 60.8 Å². The van der Waals surface area contributed by atoms with Gasteiger partial charge in [-0.15, -0.1) is 0 Å². The van der Waals surface area contributed by atoms with E-state index in [1.54, 1.807) is 0 Å². The van der Waals surface area contributed by atoms with Crippen LogP contribution in [0.3, 0.4) is 0 Å². The minimum atomic E-state index is 0.313. The number of rotatable bonds is 2. The number of nitrogens with one attached hydrogen (secondary N) is 1. The molecule has 2 rings (SSSR count). The first-order chi connectivity index (χ1) is 10.1. The molecule has 0 radical (unpaired) electrons. The second-order valence-corrected chi connectivity index (χ2v) is 4.44. The van der Waals surface area contributed by atoms with E-state index in [2.05, 4.69) is 34.4 Å². The molecule has 118 valence electrons. The van der Waals surface area contributed by atoms with Gasteiger partial charge in [0, 0.05) is 17.5 Å². The third-order valence-corrected chi connectivity index (χ3v) is 2.75. The van der Waals surface area contributed by atoms with E-state index < -0.39 is 0 Å². The van der Waals surface area contributed by atoms with E-state index in [0.29, 0.717) is 5.95 Å². The van der Waals surface area contributed by atoms with Crippen molar-refractivity contribution < 1.29 is 0 Å². The molecule has 4 nitrogen and oxygen atoms in total. The maximum atomic E-state index is 5.62. The number of nitrogen functional groups attached to an aromatic ring is 1. The summed E-state index contributed by atoms with van der Waals surface area (Å²) >= 11 is 0. The van der Waals surface area contributed by atoms with Crippen molar-refractivity contribution in [2.75, 3.05) is 11.1 Å². The largest absolute Gasteiger partial charge is 0.368 e. The molecule has 1 aromatic rings. The van der Waals surface area contributed by atoms with Crippen LogP contribution in [0.5, 0.6) is 0 Å². The zero-order valence-corrected chi connectivity index (χ0v) is 14.3. The van der Waals surface area contributed by atoms with Gasteiger partial charge in [-0.1, -0.05) is 39.3 Å². The van der Waals surface area contributed by atoms with Crippen LogP contribution in [0.15, 0.2) is 29.5 Å². The molecule has 3 N–H and O–H groups in total. The van der Waals surface area contributed by atoms with Crippen LogP contribution in [-0.2, 0) is 0 Å². The normalized spacial score (nSPS) is 13.4. The minimum Gasteiger partial charge on any atom is -0.368 e. The summed E-state index contributed by atoms with van der Waals surface area (Å²) in [4.78, 5) is 8.22. The van der Waals surface area contributed by atoms with E-state index in [0.717, 1.165) is 24.4 Å². The molecule has 1 aliphatic carbocycles. The lowest BCUT2D eigenvalue weighted by molar-refractivity contribution is 0.815. The molecule has 0 bridgehead atoms. The fraction of sp³-hybridized carbons (Fsp3) is 0.529. The SMILES string of the molecule is CC.CC.CC1=CC=C(Nc2cc(C)nc(N)n2)CCC1.